The predicted molar refractivity (Wildman–Crippen MR) is 69.7 cm³/mol. The SMILES string of the molecule is CC(O)(CNC(=O)Cn1cc(Br)ccc1=O)C(=O)O. The van der Waals surface area contributed by atoms with Crippen LogP contribution in [0.4, 0.5) is 0 Å². The first kappa shape index (κ1) is 15.4. The minimum atomic E-state index is -2.04. The van der Waals surface area contributed by atoms with Gasteiger partial charge in [0, 0.05) is 16.7 Å². The van der Waals surface area contributed by atoms with Crippen molar-refractivity contribution in [3.05, 3.63) is 33.2 Å². The lowest BCUT2D eigenvalue weighted by molar-refractivity contribution is -0.156. The Morgan fingerprint density at radius 2 is 2.11 bits per heavy atom. The fourth-order valence-corrected chi connectivity index (χ4v) is 1.56. The number of aliphatic carboxylic acids is 1. The molecule has 0 fully saturated rings. The van der Waals surface area contributed by atoms with Gasteiger partial charge in [0.1, 0.15) is 6.54 Å². The average molecular weight is 333 g/mol. The normalized spacial score (nSPS) is 13.6. The van der Waals surface area contributed by atoms with Crippen molar-refractivity contribution in [1.82, 2.24) is 9.88 Å². The van der Waals surface area contributed by atoms with Crippen LogP contribution < -0.4 is 10.9 Å². The molecule has 0 saturated carbocycles. The van der Waals surface area contributed by atoms with Crippen molar-refractivity contribution in [3.63, 3.8) is 0 Å². The second-order valence-corrected chi connectivity index (χ2v) is 5.08. The minimum Gasteiger partial charge on any atom is -0.479 e. The molecule has 1 aromatic rings. The molecule has 0 aliphatic heterocycles. The number of rotatable bonds is 5. The monoisotopic (exact) mass is 332 g/mol. The van der Waals surface area contributed by atoms with Gasteiger partial charge in [-0.2, -0.15) is 0 Å². The van der Waals surface area contributed by atoms with E-state index < -0.39 is 24.0 Å². The van der Waals surface area contributed by atoms with E-state index in [9.17, 15) is 19.5 Å². The number of carbonyl (C=O) groups is 2. The van der Waals surface area contributed by atoms with E-state index in [1.54, 1.807) is 6.07 Å². The molecule has 3 N–H and O–H groups in total. The van der Waals surface area contributed by atoms with Crippen molar-refractivity contribution in [2.24, 2.45) is 0 Å². The van der Waals surface area contributed by atoms with Crippen molar-refractivity contribution < 1.29 is 19.8 Å². The molecule has 1 amide bonds. The Balaban J connectivity index is 2.64. The molecule has 1 atom stereocenters. The number of aliphatic hydroxyl groups is 1. The Hall–Kier alpha value is -1.67. The van der Waals surface area contributed by atoms with Crippen LogP contribution in [0.15, 0.2) is 27.6 Å². The summed E-state index contributed by atoms with van der Waals surface area (Å²) in [6.45, 7) is 0.374. The van der Waals surface area contributed by atoms with Crippen LogP contribution in [0.2, 0.25) is 0 Å². The number of hydrogen-bond acceptors (Lipinski definition) is 4. The summed E-state index contributed by atoms with van der Waals surface area (Å²) in [6, 6.07) is 2.84. The maximum absolute atomic E-state index is 11.6. The summed E-state index contributed by atoms with van der Waals surface area (Å²) in [5.41, 5.74) is -2.40. The average Bonchev–Trinajstić information content (AvgIpc) is 2.31. The summed E-state index contributed by atoms with van der Waals surface area (Å²) in [7, 11) is 0. The highest BCUT2D eigenvalue weighted by atomic mass is 79.9. The molecular formula is C11H13BrN2O5. The maximum Gasteiger partial charge on any atom is 0.337 e. The summed E-state index contributed by atoms with van der Waals surface area (Å²) in [5, 5.41) is 20.3. The molecule has 0 aromatic carbocycles. The lowest BCUT2D eigenvalue weighted by Gasteiger charge is -2.18. The van der Waals surface area contributed by atoms with Crippen LogP contribution in [0.3, 0.4) is 0 Å². The summed E-state index contributed by atoms with van der Waals surface area (Å²) in [5.74, 6) is -2.01. The highest BCUT2D eigenvalue weighted by molar-refractivity contribution is 9.10. The molecule has 8 heteroatoms. The minimum absolute atomic E-state index is 0.256. The summed E-state index contributed by atoms with van der Waals surface area (Å²) in [4.78, 5) is 33.6. The lowest BCUT2D eigenvalue weighted by atomic mass is 10.1. The van der Waals surface area contributed by atoms with E-state index in [-0.39, 0.29) is 12.1 Å². The molecule has 0 spiro atoms. The van der Waals surface area contributed by atoms with Crippen molar-refractivity contribution in [2.45, 2.75) is 19.1 Å². The van der Waals surface area contributed by atoms with E-state index in [0.29, 0.717) is 4.47 Å². The number of amides is 1. The maximum atomic E-state index is 11.6. The third-order valence-corrected chi connectivity index (χ3v) is 2.82. The van der Waals surface area contributed by atoms with Gasteiger partial charge in [0.25, 0.3) is 5.56 Å². The Labute approximate surface area is 117 Å². The first-order valence-electron chi connectivity index (χ1n) is 5.31. The molecule has 0 radical (unpaired) electrons. The number of carboxylic acid groups (broad SMARTS) is 1. The molecule has 0 bridgehead atoms. The zero-order chi connectivity index (χ0) is 14.6. The largest absolute Gasteiger partial charge is 0.479 e. The zero-order valence-corrected chi connectivity index (χ0v) is 11.7. The number of aromatic nitrogens is 1. The van der Waals surface area contributed by atoms with Gasteiger partial charge in [0.15, 0.2) is 5.60 Å². The molecule has 1 heterocycles. The van der Waals surface area contributed by atoms with Crippen LogP contribution in [0.1, 0.15) is 6.92 Å². The van der Waals surface area contributed by atoms with E-state index >= 15 is 0 Å². The summed E-state index contributed by atoms with van der Waals surface area (Å²) >= 11 is 3.17. The molecule has 1 aromatic heterocycles. The van der Waals surface area contributed by atoms with E-state index in [2.05, 4.69) is 21.2 Å². The van der Waals surface area contributed by atoms with Gasteiger partial charge in [-0.05, 0) is 28.9 Å². The van der Waals surface area contributed by atoms with Gasteiger partial charge >= 0.3 is 5.97 Å². The zero-order valence-electron chi connectivity index (χ0n) is 10.1. The van der Waals surface area contributed by atoms with Crippen LogP contribution in [0.5, 0.6) is 0 Å². The van der Waals surface area contributed by atoms with Crippen molar-refractivity contribution >= 4 is 27.8 Å². The Bertz CT molecular complexity index is 552. The van der Waals surface area contributed by atoms with Gasteiger partial charge < -0.3 is 20.1 Å². The number of carbonyl (C=O) groups excluding carboxylic acids is 1. The molecule has 0 aliphatic rings. The van der Waals surface area contributed by atoms with Gasteiger partial charge in [-0.25, -0.2) is 4.79 Å². The fraction of sp³-hybridized carbons (Fsp3) is 0.364. The summed E-state index contributed by atoms with van der Waals surface area (Å²) < 4.78 is 1.80. The number of pyridine rings is 1. The van der Waals surface area contributed by atoms with Crippen LogP contribution in [-0.2, 0) is 16.1 Å². The third-order valence-electron chi connectivity index (χ3n) is 2.35. The molecule has 1 unspecified atom stereocenters. The molecular weight excluding hydrogens is 320 g/mol. The molecule has 0 aliphatic carbocycles. The van der Waals surface area contributed by atoms with Crippen LogP contribution in [-0.4, -0.2) is 38.8 Å². The first-order valence-corrected chi connectivity index (χ1v) is 6.10. The lowest BCUT2D eigenvalue weighted by Crippen LogP contribution is -2.47. The van der Waals surface area contributed by atoms with Crippen molar-refractivity contribution in [2.75, 3.05) is 6.54 Å². The third kappa shape index (κ3) is 4.49. The Morgan fingerprint density at radius 1 is 1.47 bits per heavy atom. The number of hydrogen-bond donors (Lipinski definition) is 3. The molecule has 1 rings (SSSR count). The summed E-state index contributed by atoms with van der Waals surface area (Å²) in [6.07, 6.45) is 1.44. The molecule has 104 valence electrons. The molecule has 0 saturated heterocycles. The topological polar surface area (TPSA) is 109 Å². The fourth-order valence-electron chi connectivity index (χ4n) is 1.18. The second kappa shape index (κ2) is 5.98. The van der Waals surface area contributed by atoms with Crippen LogP contribution >= 0.6 is 15.9 Å². The second-order valence-electron chi connectivity index (χ2n) is 4.17. The highest BCUT2D eigenvalue weighted by Gasteiger charge is 2.30. The standard InChI is InChI=1S/C11H13BrN2O5/c1-11(19,10(17)18)6-13-8(15)5-14-4-7(12)2-3-9(14)16/h2-4,19H,5-6H2,1H3,(H,13,15)(H,17,18). The number of nitrogens with zero attached hydrogens (tertiary/aromatic N) is 1. The smallest absolute Gasteiger partial charge is 0.337 e. The van der Waals surface area contributed by atoms with E-state index in [1.165, 1.54) is 12.3 Å². The van der Waals surface area contributed by atoms with Crippen LogP contribution in [0.25, 0.3) is 0 Å². The molecule has 7 nitrogen and oxygen atoms in total. The Kier molecular flexibility index (Phi) is 4.84. The first-order chi connectivity index (χ1) is 8.72. The van der Waals surface area contributed by atoms with Crippen LogP contribution in [0, 0.1) is 0 Å². The van der Waals surface area contributed by atoms with Gasteiger partial charge in [-0.3, -0.25) is 9.59 Å². The van der Waals surface area contributed by atoms with Gasteiger partial charge in [-0.1, -0.05) is 0 Å². The number of halogens is 1. The van der Waals surface area contributed by atoms with Gasteiger partial charge in [0.2, 0.25) is 5.91 Å². The van der Waals surface area contributed by atoms with E-state index in [4.69, 9.17) is 5.11 Å². The van der Waals surface area contributed by atoms with Crippen molar-refractivity contribution in [1.29, 1.82) is 0 Å². The van der Waals surface area contributed by atoms with Gasteiger partial charge in [-0.15, -0.1) is 0 Å². The highest BCUT2D eigenvalue weighted by Crippen LogP contribution is 2.05. The quantitative estimate of drug-likeness (QED) is 0.677. The van der Waals surface area contributed by atoms with E-state index in [0.717, 1.165) is 11.5 Å². The Morgan fingerprint density at radius 3 is 2.68 bits per heavy atom. The predicted octanol–water partition coefficient (Wildman–Crippen LogP) is -0.437. The van der Waals surface area contributed by atoms with Crippen molar-refractivity contribution in [3.8, 4) is 0 Å². The number of nitrogens with one attached hydrogen (secondary N) is 1. The van der Waals surface area contributed by atoms with E-state index in [1.807, 2.05) is 0 Å². The van der Waals surface area contributed by atoms with Gasteiger partial charge in [0.05, 0.1) is 6.54 Å². The number of carboxylic acids is 1. The molecule has 19 heavy (non-hydrogen) atoms.